The van der Waals surface area contributed by atoms with E-state index in [1.54, 1.807) is 30.0 Å². The Morgan fingerprint density at radius 1 is 1.40 bits per heavy atom. The number of hydrogen-bond donors (Lipinski definition) is 2. The average Bonchev–Trinajstić information content (AvgIpc) is 3.17. The molecule has 2 rings (SSSR count). The number of thioether (sulfide) groups is 1. The van der Waals surface area contributed by atoms with Crippen molar-refractivity contribution in [3.05, 3.63) is 23.8 Å². The smallest absolute Gasteiger partial charge is 0.306 e. The SMILES string of the molecule is COC(=O)CC1(CSc2ccc(N)cc2C(N)=O)CC1. The normalized spacial score (nSPS) is 15.7. The van der Waals surface area contributed by atoms with E-state index in [2.05, 4.69) is 0 Å². The van der Waals surface area contributed by atoms with Gasteiger partial charge in [-0.3, -0.25) is 9.59 Å². The Morgan fingerprint density at radius 2 is 2.10 bits per heavy atom. The number of carbonyl (C=O) groups is 2. The minimum Gasteiger partial charge on any atom is -0.469 e. The summed E-state index contributed by atoms with van der Waals surface area (Å²) in [5.41, 5.74) is 12.0. The van der Waals surface area contributed by atoms with Crippen LogP contribution >= 0.6 is 11.8 Å². The monoisotopic (exact) mass is 294 g/mol. The number of rotatable bonds is 6. The van der Waals surface area contributed by atoms with Crippen LogP contribution in [0.1, 0.15) is 29.6 Å². The fraction of sp³-hybridized carbons (Fsp3) is 0.429. The van der Waals surface area contributed by atoms with Gasteiger partial charge in [0.1, 0.15) is 0 Å². The lowest BCUT2D eigenvalue weighted by Crippen LogP contribution is -2.15. The van der Waals surface area contributed by atoms with Crippen molar-refractivity contribution in [2.75, 3.05) is 18.6 Å². The number of hydrogen-bond acceptors (Lipinski definition) is 5. The van der Waals surface area contributed by atoms with Crippen molar-refractivity contribution in [2.24, 2.45) is 11.1 Å². The van der Waals surface area contributed by atoms with E-state index in [4.69, 9.17) is 16.2 Å². The summed E-state index contributed by atoms with van der Waals surface area (Å²) in [5.74, 6) is 0.0971. The zero-order valence-electron chi connectivity index (χ0n) is 11.3. The second-order valence-corrected chi connectivity index (χ2v) is 6.18. The number of methoxy groups -OCH3 is 1. The van der Waals surface area contributed by atoms with Gasteiger partial charge in [0.25, 0.3) is 0 Å². The van der Waals surface area contributed by atoms with Crippen molar-refractivity contribution >= 4 is 29.3 Å². The Kier molecular flexibility index (Phi) is 4.23. The standard InChI is InChI=1S/C14H18N2O3S/c1-19-12(17)7-14(4-5-14)8-20-11-3-2-9(15)6-10(11)13(16)18/h2-3,6H,4-5,7-8,15H2,1H3,(H2,16,18). The molecule has 0 spiro atoms. The number of amides is 1. The molecule has 0 saturated heterocycles. The third kappa shape index (κ3) is 3.45. The van der Waals surface area contributed by atoms with E-state index in [1.165, 1.54) is 7.11 Å². The number of primary amides is 1. The van der Waals surface area contributed by atoms with Gasteiger partial charge in [-0.2, -0.15) is 0 Å². The van der Waals surface area contributed by atoms with E-state index in [9.17, 15) is 9.59 Å². The van der Waals surface area contributed by atoms with Crippen LogP contribution in [-0.4, -0.2) is 24.7 Å². The van der Waals surface area contributed by atoms with Crippen LogP contribution in [0.15, 0.2) is 23.1 Å². The maximum absolute atomic E-state index is 11.4. The first-order chi connectivity index (χ1) is 9.46. The number of nitrogen functional groups attached to an aromatic ring is 1. The molecule has 1 aromatic carbocycles. The van der Waals surface area contributed by atoms with E-state index in [1.807, 2.05) is 0 Å². The minimum absolute atomic E-state index is 0.00800. The molecule has 108 valence electrons. The molecule has 0 unspecified atom stereocenters. The first kappa shape index (κ1) is 14.7. The topological polar surface area (TPSA) is 95.4 Å². The molecule has 0 aromatic heterocycles. The van der Waals surface area contributed by atoms with Crippen LogP contribution < -0.4 is 11.5 Å². The third-order valence-corrected chi connectivity index (χ3v) is 4.93. The summed E-state index contributed by atoms with van der Waals surface area (Å²) in [6.45, 7) is 0. The maximum atomic E-state index is 11.4. The molecule has 0 atom stereocenters. The number of benzene rings is 1. The first-order valence-electron chi connectivity index (χ1n) is 6.35. The van der Waals surface area contributed by atoms with Crippen LogP contribution in [0, 0.1) is 5.41 Å². The van der Waals surface area contributed by atoms with Gasteiger partial charge in [0, 0.05) is 16.3 Å². The fourth-order valence-electron chi connectivity index (χ4n) is 2.02. The van der Waals surface area contributed by atoms with Gasteiger partial charge in [-0.1, -0.05) is 0 Å². The summed E-state index contributed by atoms with van der Waals surface area (Å²) in [6.07, 6.45) is 2.45. The molecule has 0 bridgehead atoms. The molecule has 5 nitrogen and oxygen atoms in total. The van der Waals surface area contributed by atoms with Gasteiger partial charge < -0.3 is 16.2 Å². The highest BCUT2D eigenvalue weighted by Gasteiger charge is 2.44. The average molecular weight is 294 g/mol. The Balaban J connectivity index is 2.04. The molecule has 4 N–H and O–H groups in total. The van der Waals surface area contributed by atoms with Crippen molar-refractivity contribution in [1.82, 2.24) is 0 Å². The summed E-state index contributed by atoms with van der Waals surface area (Å²) in [6, 6.07) is 5.13. The van der Waals surface area contributed by atoms with Crippen LogP contribution in [-0.2, 0) is 9.53 Å². The van der Waals surface area contributed by atoms with Gasteiger partial charge in [0.05, 0.1) is 19.1 Å². The van der Waals surface area contributed by atoms with Gasteiger partial charge in [-0.25, -0.2) is 0 Å². The number of anilines is 1. The summed E-state index contributed by atoms with van der Waals surface area (Å²) < 4.78 is 4.72. The zero-order valence-corrected chi connectivity index (χ0v) is 12.2. The molecule has 1 aromatic rings. The van der Waals surface area contributed by atoms with E-state index < -0.39 is 5.91 Å². The summed E-state index contributed by atoms with van der Waals surface area (Å²) in [5, 5.41) is 0. The Labute approximate surface area is 122 Å². The molecule has 0 aliphatic heterocycles. The molecule has 1 fully saturated rings. The zero-order chi connectivity index (χ0) is 14.8. The molecule has 1 saturated carbocycles. The lowest BCUT2D eigenvalue weighted by atomic mass is 10.1. The Morgan fingerprint density at radius 3 is 2.65 bits per heavy atom. The van der Waals surface area contributed by atoms with E-state index >= 15 is 0 Å². The predicted molar refractivity (Wildman–Crippen MR) is 78.4 cm³/mol. The van der Waals surface area contributed by atoms with E-state index in [0.717, 1.165) is 23.5 Å². The lowest BCUT2D eigenvalue weighted by Gasteiger charge is -2.14. The highest BCUT2D eigenvalue weighted by Crippen LogP contribution is 2.52. The van der Waals surface area contributed by atoms with Crippen molar-refractivity contribution in [2.45, 2.75) is 24.2 Å². The van der Waals surface area contributed by atoms with Gasteiger partial charge in [0.2, 0.25) is 5.91 Å². The predicted octanol–water partition coefficient (Wildman–Crippen LogP) is 1.80. The van der Waals surface area contributed by atoms with E-state index in [0.29, 0.717) is 17.7 Å². The molecule has 0 radical (unpaired) electrons. The van der Waals surface area contributed by atoms with Gasteiger partial charge in [-0.15, -0.1) is 11.8 Å². The molecular formula is C14H18N2O3S. The van der Waals surface area contributed by atoms with Crippen LogP contribution in [0.3, 0.4) is 0 Å². The summed E-state index contributed by atoms with van der Waals surface area (Å²) in [7, 11) is 1.40. The third-order valence-electron chi connectivity index (χ3n) is 3.51. The largest absolute Gasteiger partial charge is 0.469 e. The maximum Gasteiger partial charge on any atom is 0.306 e. The van der Waals surface area contributed by atoms with Gasteiger partial charge >= 0.3 is 5.97 Å². The van der Waals surface area contributed by atoms with Crippen molar-refractivity contribution in [3.8, 4) is 0 Å². The molecular weight excluding hydrogens is 276 g/mol. The van der Waals surface area contributed by atoms with Gasteiger partial charge in [-0.05, 0) is 36.5 Å². The second-order valence-electron chi connectivity index (χ2n) is 5.16. The van der Waals surface area contributed by atoms with E-state index in [-0.39, 0.29) is 11.4 Å². The van der Waals surface area contributed by atoms with Crippen molar-refractivity contribution in [1.29, 1.82) is 0 Å². The number of esters is 1. The quantitative estimate of drug-likeness (QED) is 0.474. The van der Waals surface area contributed by atoms with Crippen molar-refractivity contribution in [3.63, 3.8) is 0 Å². The lowest BCUT2D eigenvalue weighted by molar-refractivity contribution is -0.141. The Bertz CT molecular complexity index is 541. The molecule has 6 heteroatoms. The number of ether oxygens (including phenoxy) is 1. The van der Waals surface area contributed by atoms with Gasteiger partial charge in [0.15, 0.2) is 0 Å². The summed E-state index contributed by atoms with van der Waals surface area (Å²) >= 11 is 1.54. The first-order valence-corrected chi connectivity index (χ1v) is 7.33. The van der Waals surface area contributed by atoms with Crippen LogP contribution in [0.4, 0.5) is 5.69 Å². The number of nitrogens with two attached hydrogens (primary N) is 2. The Hall–Kier alpha value is -1.69. The molecule has 1 amide bonds. The highest BCUT2D eigenvalue weighted by molar-refractivity contribution is 7.99. The highest BCUT2D eigenvalue weighted by atomic mass is 32.2. The molecule has 1 aliphatic rings. The number of carbonyl (C=O) groups excluding carboxylic acids is 2. The summed E-state index contributed by atoms with van der Waals surface area (Å²) in [4.78, 5) is 23.6. The second kappa shape index (κ2) is 5.75. The van der Waals surface area contributed by atoms with Crippen LogP contribution in [0.2, 0.25) is 0 Å². The molecule has 1 aliphatic carbocycles. The minimum atomic E-state index is -0.488. The molecule has 20 heavy (non-hydrogen) atoms. The fourth-order valence-corrected chi connectivity index (χ4v) is 3.36. The van der Waals surface area contributed by atoms with Crippen molar-refractivity contribution < 1.29 is 14.3 Å². The van der Waals surface area contributed by atoms with Crippen LogP contribution in [0.5, 0.6) is 0 Å². The molecule has 0 heterocycles. The van der Waals surface area contributed by atoms with Crippen LogP contribution in [0.25, 0.3) is 0 Å².